The molecule has 1 N–H and O–H groups in total. The minimum Gasteiger partial charge on any atom is -0.382 e. The molecule has 3 atom stereocenters. The number of nitrogens with one attached hydrogen (secondary N) is 1. The number of methoxy groups -OCH3 is 1. The van der Waals surface area contributed by atoms with Crippen molar-refractivity contribution in [3.63, 3.8) is 0 Å². The van der Waals surface area contributed by atoms with Crippen LogP contribution in [0.2, 0.25) is 0 Å². The van der Waals surface area contributed by atoms with Gasteiger partial charge in [-0.15, -0.1) is 0 Å². The average molecular weight is 243 g/mol. The standard InChI is InChI=1S/C14H29NO2/c1-4-6-12-7-8-13(15-5-2)14(11-12)17-10-9-16-3/h12-15H,4-11H2,1-3H3. The van der Waals surface area contributed by atoms with E-state index in [2.05, 4.69) is 19.2 Å². The Morgan fingerprint density at radius 3 is 2.65 bits per heavy atom. The third kappa shape index (κ3) is 5.36. The number of likely N-dealkylation sites (N-methyl/N-ethyl adjacent to an activating group) is 1. The maximum atomic E-state index is 5.98. The highest BCUT2D eigenvalue weighted by atomic mass is 16.5. The van der Waals surface area contributed by atoms with Crippen LogP contribution in [0.1, 0.15) is 46.0 Å². The van der Waals surface area contributed by atoms with Crippen molar-refractivity contribution in [1.82, 2.24) is 5.32 Å². The number of hydrogen-bond donors (Lipinski definition) is 1. The Bertz CT molecular complexity index is 187. The van der Waals surface area contributed by atoms with Gasteiger partial charge in [-0.1, -0.05) is 26.7 Å². The summed E-state index contributed by atoms with van der Waals surface area (Å²) < 4.78 is 11.0. The fourth-order valence-electron chi connectivity index (χ4n) is 2.84. The molecule has 0 aromatic carbocycles. The summed E-state index contributed by atoms with van der Waals surface area (Å²) in [6.07, 6.45) is 6.86. The van der Waals surface area contributed by atoms with E-state index in [1.807, 2.05) is 0 Å². The highest BCUT2D eigenvalue weighted by Gasteiger charge is 2.29. The SMILES string of the molecule is CCCC1CCC(NCC)C(OCCOC)C1. The van der Waals surface area contributed by atoms with E-state index in [1.54, 1.807) is 7.11 Å². The molecule has 0 bridgehead atoms. The minimum absolute atomic E-state index is 0.385. The Hall–Kier alpha value is -0.120. The summed E-state index contributed by atoms with van der Waals surface area (Å²) in [5, 5.41) is 3.56. The normalized spacial score (nSPS) is 29.5. The second kappa shape index (κ2) is 8.90. The van der Waals surface area contributed by atoms with Crippen molar-refractivity contribution >= 4 is 0 Å². The van der Waals surface area contributed by atoms with Gasteiger partial charge in [0.25, 0.3) is 0 Å². The van der Waals surface area contributed by atoms with Gasteiger partial charge in [0.1, 0.15) is 0 Å². The van der Waals surface area contributed by atoms with E-state index in [0.717, 1.165) is 19.1 Å². The van der Waals surface area contributed by atoms with Crippen molar-refractivity contribution in [2.75, 3.05) is 26.9 Å². The van der Waals surface area contributed by atoms with Crippen molar-refractivity contribution < 1.29 is 9.47 Å². The maximum absolute atomic E-state index is 5.98. The van der Waals surface area contributed by atoms with Crippen LogP contribution in [-0.4, -0.2) is 39.0 Å². The van der Waals surface area contributed by atoms with Crippen LogP contribution in [0.15, 0.2) is 0 Å². The summed E-state index contributed by atoms with van der Waals surface area (Å²) in [6, 6.07) is 0.546. The lowest BCUT2D eigenvalue weighted by Crippen LogP contribution is -2.45. The predicted octanol–water partition coefficient (Wildman–Crippen LogP) is 2.60. The molecule has 0 spiro atoms. The van der Waals surface area contributed by atoms with E-state index in [4.69, 9.17) is 9.47 Å². The van der Waals surface area contributed by atoms with E-state index < -0.39 is 0 Å². The smallest absolute Gasteiger partial charge is 0.0731 e. The van der Waals surface area contributed by atoms with E-state index in [0.29, 0.717) is 18.8 Å². The fourth-order valence-corrected chi connectivity index (χ4v) is 2.84. The molecule has 0 aliphatic heterocycles. The summed E-state index contributed by atoms with van der Waals surface area (Å²) in [4.78, 5) is 0. The van der Waals surface area contributed by atoms with Crippen LogP contribution < -0.4 is 5.32 Å². The first-order valence-corrected chi connectivity index (χ1v) is 7.15. The van der Waals surface area contributed by atoms with E-state index in [1.165, 1.54) is 32.1 Å². The Morgan fingerprint density at radius 2 is 2.00 bits per heavy atom. The summed E-state index contributed by atoms with van der Waals surface area (Å²) in [6.45, 7) is 6.91. The zero-order valence-electron chi connectivity index (χ0n) is 11.7. The highest BCUT2D eigenvalue weighted by molar-refractivity contribution is 4.85. The van der Waals surface area contributed by atoms with Crippen LogP contribution >= 0.6 is 0 Å². The van der Waals surface area contributed by atoms with Crippen LogP contribution in [0.3, 0.4) is 0 Å². The lowest BCUT2D eigenvalue weighted by molar-refractivity contribution is -0.0301. The van der Waals surface area contributed by atoms with Crippen molar-refractivity contribution in [3.05, 3.63) is 0 Å². The molecule has 102 valence electrons. The molecule has 0 aromatic rings. The van der Waals surface area contributed by atoms with Gasteiger partial charge >= 0.3 is 0 Å². The largest absolute Gasteiger partial charge is 0.382 e. The highest BCUT2D eigenvalue weighted by Crippen LogP contribution is 2.29. The third-order valence-electron chi connectivity index (χ3n) is 3.68. The average Bonchev–Trinajstić information content (AvgIpc) is 2.33. The molecular weight excluding hydrogens is 214 g/mol. The summed E-state index contributed by atoms with van der Waals surface area (Å²) in [7, 11) is 1.73. The molecule has 3 nitrogen and oxygen atoms in total. The van der Waals surface area contributed by atoms with Gasteiger partial charge in [0.2, 0.25) is 0 Å². The Balaban J connectivity index is 2.38. The molecule has 0 aromatic heterocycles. The van der Waals surface area contributed by atoms with E-state index in [-0.39, 0.29) is 0 Å². The summed E-state index contributed by atoms with van der Waals surface area (Å²) >= 11 is 0. The molecule has 0 saturated heterocycles. The second-order valence-corrected chi connectivity index (χ2v) is 5.03. The van der Waals surface area contributed by atoms with Crippen LogP contribution in [0.5, 0.6) is 0 Å². The first-order valence-electron chi connectivity index (χ1n) is 7.15. The molecule has 1 aliphatic rings. The quantitative estimate of drug-likeness (QED) is 0.665. The van der Waals surface area contributed by atoms with E-state index in [9.17, 15) is 0 Å². The van der Waals surface area contributed by atoms with Gasteiger partial charge in [-0.25, -0.2) is 0 Å². The lowest BCUT2D eigenvalue weighted by Gasteiger charge is -2.36. The van der Waals surface area contributed by atoms with Gasteiger partial charge in [-0.3, -0.25) is 0 Å². The number of rotatable bonds is 8. The molecule has 0 amide bonds. The van der Waals surface area contributed by atoms with Gasteiger partial charge in [-0.05, 0) is 31.7 Å². The van der Waals surface area contributed by atoms with Crippen LogP contribution in [0, 0.1) is 5.92 Å². The Morgan fingerprint density at radius 1 is 1.18 bits per heavy atom. The molecular formula is C14H29NO2. The summed E-state index contributed by atoms with van der Waals surface area (Å²) in [5.41, 5.74) is 0. The van der Waals surface area contributed by atoms with Crippen LogP contribution in [0.4, 0.5) is 0 Å². The zero-order chi connectivity index (χ0) is 12.5. The second-order valence-electron chi connectivity index (χ2n) is 5.03. The van der Waals surface area contributed by atoms with Crippen molar-refractivity contribution in [2.45, 2.75) is 58.1 Å². The van der Waals surface area contributed by atoms with Crippen LogP contribution in [-0.2, 0) is 9.47 Å². The molecule has 1 rings (SSSR count). The van der Waals surface area contributed by atoms with Crippen molar-refractivity contribution in [2.24, 2.45) is 5.92 Å². The summed E-state index contributed by atoms with van der Waals surface area (Å²) in [5.74, 6) is 0.863. The molecule has 3 heteroatoms. The molecule has 1 saturated carbocycles. The molecule has 0 radical (unpaired) electrons. The molecule has 1 fully saturated rings. The predicted molar refractivity (Wildman–Crippen MR) is 71.3 cm³/mol. The Kier molecular flexibility index (Phi) is 7.82. The van der Waals surface area contributed by atoms with Gasteiger partial charge in [-0.2, -0.15) is 0 Å². The molecule has 17 heavy (non-hydrogen) atoms. The van der Waals surface area contributed by atoms with Gasteiger partial charge < -0.3 is 14.8 Å². The monoisotopic (exact) mass is 243 g/mol. The zero-order valence-corrected chi connectivity index (χ0v) is 11.7. The fraction of sp³-hybridized carbons (Fsp3) is 1.00. The lowest BCUT2D eigenvalue weighted by atomic mass is 9.81. The van der Waals surface area contributed by atoms with Crippen molar-refractivity contribution in [1.29, 1.82) is 0 Å². The molecule has 3 unspecified atom stereocenters. The van der Waals surface area contributed by atoms with Crippen LogP contribution in [0.25, 0.3) is 0 Å². The van der Waals surface area contributed by atoms with Gasteiger partial charge in [0.15, 0.2) is 0 Å². The number of hydrogen-bond acceptors (Lipinski definition) is 3. The first-order chi connectivity index (χ1) is 8.31. The van der Waals surface area contributed by atoms with Crippen molar-refractivity contribution in [3.8, 4) is 0 Å². The van der Waals surface area contributed by atoms with Gasteiger partial charge in [0, 0.05) is 13.2 Å². The maximum Gasteiger partial charge on any atom is 0.0731 e. The first kappa shape index (κ1) is 14.9. The number of ether oxygens (including phenoxy) is 2. The topological polar surface area (TPSA) is 30.5 Å². The minimum atomic E-state index is 0.385. The van der Waals surface area contributed by atoms with E-state index >= 15 is 0 Å². The molecule has 1 aliphatic carbocycles. The molecule has 0 heterocycles. The Labute approximate surface area is 106 Å². The van der Waals surface area contributed by atoms with Gasteiger partial charge in [0.05, 0.1) is 19.3 Å². The third-order valence-corrected chi connectivity index (χ3v) is 3.68.